The Bertz CT molecular complexity index is 871. The van der Waals surface area contributed by atoms with E-state index in [-0.39, 0.29) is 6.42 Å². The summed E-state index contributed by atoms with van der Waals surface area (Å²) >= 11 is 0. The molecule has 0 aromatic carbocycles. The smallest absolute Gasteiger partial charge is 0.405 e. The number of hydrogen-bond donors (Lipinski definition) is 4. The zero-order valence-corrected chi connectivity index (χ0v) is 13.9. The lowest BCUT2D eigenvalue weighted by molar-refractivity contribution is -0.130. The van der Waals surface area contributed by atoms with Gasteiger partial charge in [-0.2, -0.15) is 0 Å². The Labute approximate surface area is 148 Å². The number of nitrogens with zero attached hydrogens (tertiary/aromatic N) is 2. The third kappa shape index (κ3) is 3.63. The van der Waals surface area contributed by atoms with Gasteiger partial charge in [0, 0.05) is 12.3 Å². The van der Waals surface area contributed by atoms with Crippen molar-refractivity contribution in [2.24, 2.45) is 0 Å². The fourth-order valence-corrected chi connectivity index (χ4v) is 2.73. The first-order valence-electron chi connectivity index (χ1n) is 7.88. The number of piperidine rings is 1. The standard InChI is InChI=1S/C16H17N5O5/c1-26-12-5-4-8-13(21-12)9(6-7-17-8)18-14(22)10-2-3-11(15(23)19-10)20-16(24)25/h4-7,10-11,20H,2-3H2,1H3,(H,19,23)(H,24,25)(H,17,18,22). The number of hydrogen-bond acceptors (Lipinski definition) is 6. The van der Waals surface area contributed by atoms with E-state index >= 15 is 0 Å². The summed E-state index contributed by atoms with van der Waals surface area (Å²) in [5.74, 6) is -0.558. The van der Waals surface area contributed by atoms with Gasteiger partial charge in [0.05, 0.1) is 18.3 Å². The Morgan fingerprint density at radius 1 is 1.31 bits per heavy atom. The second-order valence-electron chi connectivity index (χ2n) is 5.71. The highest BCUT2D eigenvalue weighted by Crippen LogP contribution is 2.23. The topological polar surface area (TPSA) is 143 Å². The number of amides is 3. The fraction of sp³-hybridized carbons (Fsp3) is 0.312. The summed E-state index contributed by atoms with van der Waals surface area (Å²) < 4.78 is 5.09. The molecule has 3 rings (SSSR count). The summed E-state index contributed by atoms with van der Waals surface area (Å²) in [4.78, 5) is 43.6. The van der Waals surface area contributed by atoms with Crippen LogP contribution in [-0.2, 0) is 9.59 Å². The van der Waals surface area contributed by atoms with Gasteiger partial charge in [-0.1, -0.05) is 0 Å². The Morgan fingerprint density at radius 2 is 2.12 bits per heavy atom. The van der Waals surface area contributed by atoms with Crippen LogP contribution in [0.4, 0.5) is 10.5 Å². The Hall–Kier alpha value is -3.43. The molecule has 1 saturated heterocycles. The second-order valence-corrected chi connectivity index (χ2v) is 5.71. The molecule has 4 N–H and O–H groups in total. The number of carbonyl (C=O) groups is 3. The molecule has 0 bridgehead atoms. The van der Waals surface area contributed by atoms with E-state index in [0.29, 0.717) is 29.0 Å². The SMILES string of the molecule is COc1ccc2nccc(NC(=O)C3CCC(NC(=O)O)C(=O)N3)c2n1. The number of fused-ring (bicyclic) bond motifs is 1. The number of nitrogens with one attached hydrogen (secondary N) is 3. The quantitative estimate of drug-likeness (QED) is 0.622. The van der Waals surface area contributed by atoms with Crippen molar-refractivity contribution in [2.75, 3.05) is 12.4 Å². The van der Waals surface area contributed by atoms with Gasteiger partial charge in [-0.25, -0.2) is 9.78 Å². The summed E-state index contributed by atoms with van der Waals surface area (Å²) in [5, 5.41) is 16.1. The molecule has 0 saturated carbocycles. The van der Waals surface area contributed by atoms with Gasteiger partial charge in [0.15, 0.2) is 0 Å². The molecule has 2 unspecified atom stereocenters. The van der Waals surface area contributed by atoms with Gasteiger partial charge in [-0.15, -0.1) is 0 Å². The van der Waals surface area contributed by atoms with Crippen LogP contribution in [-0.4, -0.2) is 52.2 Å². The van der Waals surface area contributed by atoms with Crippen molar-refractivity contribution in [3.63, 3.8) is 0 Å². The predicted molar refractivity (Wildman–Crippen MR) is 90.8 cm³/mol. The zero-order chi connectivity index (χ0) is 18.7. The number of aromatic nitrogens is 2. The van der Waals surface area contributed by atoms with Gasteiger partial charge < -0.3 is 25.8 Å². The molecule has 1 aliphatic rings. The molecule has 10 heteroatoms. The largest absolute Gasteiger partial charge is 0.481 e. The molecule has 2 aromatic heterocycles. The van der Waals surface area contributed by atoms with E-state index in [0.717, 1.165) is 0 Å². The molecule has 0 spiro atoms. The minimum absolute atomic E-state index is 0.236. The molecule has 1 fully saturated rings. The summed E-state index contributed by atoms with van der Waals surface area (Å²) in [6.07, 6.45) is 0.802. The van der Waals surface area contributed by atoms with Crippen LogP contribution in [0.25, 0.3) is 11.0 Å². The maximum atomic E-state index is 12.5. The highest BCUT2D eigenvalue weighted by molar-refractivity contribution is 6.03. The van der Waals surface area contributed by atoms with Gasteiger partial charge in [0.2, 0.25) is 17.7 Å². The average Bonchev–Trinajstić information content (AvgIpc) is 2.63. The van der Waals surface area contributed by atoms with Crippen molar-refractivity contribution in [1.82, 2.24) is 20.6 Å². The second kappa shape index (κ2) is 7.21. The van der Waals surface area contributed by atoms with Crippen molar-refractivity contribution >= 4 is 34.6 Å². The predicted octanol–water partition coefficient (Wildman–Crippen LogP) is 0.492. The van der Waals surface area contributed by atoms with Crippen LogP contribution in [0.2, 0.25) is 0 Å². The van der Waals surface area contributed by atoms with Crippen molar-refractivity contribution in [3.8, 4) is 5.88 Å². The first kappa shape index (κ1) is 17.4. The van der Waals surface area contributed by atoms with Crippen molar-refractivity contribution in [1.29, 1.82) is 0 Å². The molecule has 0 aliphatic carbocycles. The number of rotatable bonds is 4. The highest BCUT2D eigenvalue weighted by Gasteiger charge is 2.32. The Kier molecular flexibility index (Phi) is 4.83. The fourth-order valence-electron chi connectivity index (χ4n) is 2.73. The average molecular weight is 359 g/mol. The molecule has 3 amide bonds. The van der Waals surface area contributed by atoms with Crippen molar-refractivity contribution in [2.45, 2.75) is 24.9 Å². The molecule has 10 nitrogen and oxygen atoms in total. The molecule has 26 heavy (non-hydrogen) atoms. The van der Waals surface area contributed by atoms with Crippen molar-refractivity contribution in [3.05, 3.63) is 24.4 Å². The number of anilines is 1. The third-order valence-corrected chi connectivity index (χ3v) is 4.02. The van der Waals surface area contributed by atoms with Crippen LogP contribution in [0.1, 0.15) is 12.8 Å². The Morgan fingerprint density at radius 3 is 2.81 bits per heavy atom. The van der Waals surface area contributed by atoms with E-state index in [1.807, 2.05) is 0 Å². The van der Waals surface area contributed by atoms with E-state index < -0.39 is 30.0 Å². The summed E-state index contributed by atoms with van der Waals surface area (Å²) in [5.41, 5.74) is 1.49. The molecule has 0 radical (unpaired) electrons. The van der Waals surface area contributed by atoms with Crippen molar-refractivity contribution < 1.29 is 24.2 Å². The number of carbonyl (C=O) groups excluding carboxylic acids is 2. The molecule has 2 atom stereocenters. The summed E-state index contributed by atoms with van der Waals surface area (Å²) in [6.45, 7) is 0. The van der Waals surface area contributed by atoms with Gasteiger partial charge in [-0.05, 0) is 25.0 Å². The molecular formula is C16H17N5O5. The number of carboxylic acid groups (broad SMARTS) is 1. The van der Waals surface area contributed by atoms with Crippen LogP contribution >= 0.6 is 0 Å². The lowest BCUT2D eigenvalue weighted by Gasteiger charge is -2.28. The minimum Gasteiger partial charge on any atom is -0.481 e. The lowest BCUT2D eigenvalue weighted by Crippen LogP contribution is -2.56. The van der Waals surface area contributed by atoms with E-state index in [9.17, 15) is 14.4 Å². The van der Waals surface area contributed by atoms with E-state index in [1.165, 1.54) is 7.11 Å². The van der Waals surface area contributed by atoms with Gasteiger partial charge in [0.1, 0.15) is 17.6 Å². The van der Waals surface area contributed by atoms with Crippen LogP contribution < -0.4 is 20.7 Å². The van der Waals surface area contributed by atoms with Crippen LogP contribution in [0.5, 0.6) is 5.88 Å². The molecular weight excluding hydrogens is 342 g/mol. The number of pyridine rings is 2. The van der Waals surface area contributed by atoms with Gasteiger partial charge in [-0.3, -0.25) is 14.6 Å². The Balaban J connectivity index is 1.74. The zero-order valence-electron chi connectivity index (χ0n) is 13.9. The lowest BCUT2D eigenvalue weighted by atomic mass is 9.99. The molecule has 1 aliphatic heterocycles. The van der Waals surface area contributed by atoms with E-state index in [1.54, 1.807) is 24.4 Å². The monoisotopic (exact) mass is 359 g/mol. The van der Waals surface area contributed by atoms with E-state index in [4.69, 9.17) is 9.84 Å². The van der Waals surface area contributed by atoms with Crippen LogP contribution in [0, 0.1) is 0 Å². The number of ether oxygens (including phenoxy) is 1. The highest BCUT2D eigenvalue weighted by atomic mass is 16.5. The minimum atomic E-state index is -1.28. The summed E-state index contributed by atoms with van der Waals surface area (Å²) in [6, 6.07) is 3.37. The maximum absolute atomic E-state index is 12.5. The maximum Gasteiger partial charge on any atom is 0.405 e. The molecule has 136 valence electrons. The molecule has 2 aromatic rings. The van der Waals surface area contributed by atoms with Crippen LogP contribution in [0.3, 0.4) is 0 Å². The normalized spacial score (nSPS) is 19.5. The first-order valence-corrected chi connectivity index (χ1v) is 7.88. The van der Waals surface area contributed by atoms with Gasteiger partial charge in [0.25, 0.3) is 0 Å². The summed E-state index contributed by atoms with van der Waals surface area (Å²) in [7, 11) is 1.49. The number of methoxy groups -OCH3 is 1. The van der Waals surface area contributed by atoms with E-state index in [2.05, 4.69) is 25.9 Å². The third-order valence-electron chi connectivity index (χ3n) is 4.02. The molecule has 3 heterocycles. The van der Waals surface area contributed by atoms with Gasteiger partial charge >= 0.3 is 6.09 Å². The van der Waals surface area contributed by atoms with Crippen LogP contribution in [0.15, 0.2) is 24.4 Å². The first-order chi connectivity index (χ1) is 12.5.